The summed E-state index contributed by atoms with van der Waals surface area (Å²) < 4.78 is 11.1. The van der Waals surface area contributed by atoms with Crippen molar-refractivity contribution >= 4 is 0 Å². The lowest BCUT2D eigenvalue weighted by Crippen LogP contribution is -2.38. The van der Waals surface area contributed by atoms with E-state index in [0.29, 0.717) is 0 Å². The van der Waals surface area contributed by atoms with Gasteiger partial charge in [-0.3, -0.25) is 4.90 Å². The fourth-order valence-corrected chi connectivity index (χ4v) is 2.17. The predicted octanol–water partition coefficient (Wildman–Crippen LogP) is 3.33. The average Bonchev–Trinajstić information content (AvgIpc) is 2.39. The summed E-state index contributed by atoms with van der Waals surface area (Å²) in [5.74, 6) is 0.959. The zero-order valence-corrected chi connectivity index (χ0v) is 12.3. The van der Waals surface area contributed by atoms with Crippen molar-refractivity contribution in [2.45, 2.75) is 33.6 Å². The van der Waals surface area contributed by atoms with E-state index in [0.717, 1.165) is 45.2 Å². The highest BCUT2D eigenvalue weighted by molar-refractivity contribution is 5.31. The van der Waals surface area contributed by atoms with Crippen LogP contribution < -0.4 is 4.74 Å². The molecule has 0 spiro atoms. The van der Waals surface area contributed by atoms with Gasteiger partial charge in [0.15, 0.2) is 0 Å². The molecular weight excluding hydrogens is 250 g/mol. The van der Waals surface area contributed by atoms with Gasteiger partial charge in [0.2, 0.25) is 0 Å². The van der Waals surface area contributed by atoms with Crippen LogP contribution in [0.5, 0.6) is 5.75 Å². The third kappa shape index (κ3) is 5.14. The van der Waals surface area contributed by atoms with Gasteiger partial charge in [0.05, 0.1) is 13.2 Å². The van der Waals surface area contributed by atoms with Gasteiger partial charge in [0.25, 0.3) is 0 Å². The molecule has 1 heterocycles. The van der Waals surface area contributed by atoms with Gasteiger partial charge < -0.3 is 9.47 Å². The second-order valence-corrected chi connectivity index (χ2v) is 6.08. The number of nitrogens with zero attached hydrogens (tertiary/aromatic N) is 1. The van der Waals surface area contributed by atoms with Gasteiger partial charge in [-0.25, -0.2) is 0 Å². The number of hydrogen-bond acceptors (Lipinski definition) is 3. The van der Waals surface area contributed by atoms with Crippen molar-refractivity contribution in [3.05, 3.63) is 29.8 Å². The predicted molar refractivity (Wildman–Crippen MR) is 84.6 cm³/mol. The molecule has 3 nitrogen and oxygen atoms in total. The second-order valence-electron chi connectivity index (χ2n) is 6.08. The van der Waals surface area contributed by atoms with Crippen LogP contribution in [0.4, 0.5) is 0 Å². The molecule has 3 heteroatoms. The topological polar surface area (TPSA) is 21.7 Å². The van der Waals surface area contributed by atoms with Crippen LogP contribution >= 0.6 is 0 Å². The monoisotopic (exact) mass is 279 g/mol. The van der Waals surface area contributed by atoms with Gasteiger partial charge in [-0.2, -0.15) is 0 Å². The van der Waals surface area contributed by atoms with Crippen molar-refractivity contribution in [1.82, 2.24) is 4.90 Å². The van der Waals surface area contributed by atoms with Crippen LogP contribution in [0, 0.1) is 0 Å². The van der Waals surface area contributed by atoms with Crippen molar-refractivity contribution in [2.75, 3.05) is 39.5 Å². The summed E-state index contributed by atoms with van der Waals surface area (Å²) >= 11 is 0. The Bertz CT molecular complexity index is 375. The molecule has 1 fully saturated rings. The van der Waals surface area contributed by atoms with Gasteiger partial charge in [0.1, 0.15) is 12.4 Å². The summed E-state index contributed by atoms with van der Waals surface area (Å²) in [5, 5.41) is 0. The van der Waals surface area contributed by atoms with Gasteiger partial charge in [-0.05, 0) is 23.1 Å². The maximum Gasteiger partial charge on any atom is 0.119 e. The Morgan fingerprint density at radius 3 is 2.25 bits per heavy atom. The summed E-state index contributed by atoms with van der Waals surface area (Å²) in [6.45, 7) is 12.1. The molecule has 0 N–H and O–H groups in total. The first-order valence-electron chi connectivity index (χ1n) is 7.09. The Kier molecular flexibility index (Phi) is 6.50. The first-order valence-corrected chi connectivity index (χ1v) is 7.09. The number of morpholine rings is 1. The number of rotatable bonds is 4. The molecule has 114 valence electrons. The molecular formula is C17H29NO2. The Morgan fingerprint density at radius 1 is 1.10 bits per heavy atom. The third-order valence-corrected chi connectivity index (χ3v) is 3.50. The molecule has 0 aromatic heterocycles. The SMILES string of the molecule is C.CC(C)(C)c1ccc(OCCN2CCOCC2)cc1. The van der Waals surface area contributed by atoms with Crippen LogP contribution in [-0.2, 0) is 10.2 Å². The summed E-state index contributed by atoms with van der Waals surface area (Å²) in [6, 6.07) is 8.45. The molecule has 20 heavy (non-hydrogen) atoms. The number of ether oxygens (including phenoxy) is 2. The average molecular weight is 279 g/mol. The minimum absolute atomic E-state index is 0. The zero-order chi connectivity index (χ0) is 13.7. The van der Waals surface area contributed by atoms with Gasteiger partial charge in [-0.1, -0.05) is 40.3 Å². The third-order valence-electron chi connectivity index (χ3n) is 3.50. The first kappa shape index (κ1) is 17.0. The molecule has 1 aromatic rings. The number of hydrogen-bond donors (Lipinski definition) is 0. The first-order chi connectivity index (χ1) is 9.05. The molecule has 1 saturated heterocycles. The van der Waals surface area contributed by atoms with Gasteiger partial charge in [0, 0.05) is 19.6 Å². The smallest absolute Gasteiger partial charge is 0.119 e. The van der Waals surface area contributed by atoms with Crippen molar-refractivity contribution in [1.29, 1.82) is 0 Å². The second kappa shape index (κ2) is 7.65. The molecule has 0 aliphatic carbocycles. The highest BCUT2D eigenvalue weighted by Gasteiger charge is 2.13. The zero-order valence-electron chi connectivity index (χ0n) is 12.3. The minimum Gasteiger partial charge on any atom is -0.492 e. The molecule has 0 saturated carbocycles. The Balaban J connectivity index is 0.00000200. The van der Waals surface area contributed by atoms with E-state index in [1.165, 1.54) is 5.56 Å². The molecule has 1 aliphatic rings. The lowest BCUT2D eigenvalue weighted by atomic mass is 9.87. The molecule has 0 radical (unpaired) electrons. The quantitative estimate of drug-likeness (QED) is 0.844. The van der Waals surface area contributed by atoms with Crippen molar-refractivity contribution in [2.24, 2.45) is 0 Å². The summed E-state index contributed by atoms with van der Waals surface area (Å²) in [5.41, 5.74) is 1.54. The molecule has 1 aromatic carbocycles. The van der Waals surface area contributed by atoms with E-state index in [4.69, 9.17) is 9.47 Å². The van der Waals surface area contributed by atoms with E-state index in [1.54, 1.807) is 0 Å². The summed E-state index contributed by atoms with van der Waals surface area (Å²) in [6.07, 6.45) is 0. The van der Waals surface area contributed by atoms with Crippen LogP contribution in [0.3, 0.4) is 0 Å². The fraction of sp³-hybridized carbons (Fsp3) is 0.647. The van der Waals surface area contributed by atoms with Crippen LogP contribution in [0.2, 0.25) is 0 Å². The molecule has 2 rings (SSSR count). The number of benzene rings is 1. The van der Waals surface area contributed by atoms with Crippen LogP contribution in [-0.4, -0.2) is 44.4 Å². The minimum atomic E-state index is 0. The molecule has 0 atom stereocenters. The largest absolute Gasteiger partial charge is 0.492 e. The normalized spacial score (nSPS) is 16.6. The van der Waals surface area contributed by atoms with E-state index in [-0.39, 0.29) is 12.8 Å². The standard InChI is InChI=1S/C16H25NO2.CH4/c1-16(2,3)14-4-6-15(7-5-14)19-13-10-17-8-11-18-12-9-17;/h4-7H,8-13H2,1-3H3;1H4. The lowest BCUT2D eigenvalue weighted by molar-refractivity contribution is 0.0322. The van der Waals surface area contributed by atoms with Crippen LogP contribution in [0.15, 0.2) is 24.3 Å². The highest BCUT2D eigenvalue weighted by atomic mass is 16.5. The molecule has 1 aliphatic heterocycles. The van der Waals surface area contributed by atoms with Crippen molar-refractivity contribution < 1.29 is 9.47 Å². The molecule has 0 amide bonds. The van der Waals surface area contributed by atoms with Crippen molar-refractivity contribution in [3.8, 4) is 5.75 Å². The van der Waals surface area contributed by atoms with E-state index in [9.17, 15) is 0 Å². The van der Waals surface area contributed by atoms with Crippen LogP contribution in [0.1, 0.15) is 33.8 Å². The Labute approximate surface area is 123 Å². The van der Waals surface area contributed by atoms with Crippen LogP contribution in [0.25, 0.3) is 0 Å². The Hall–Kier alpha value is -1.06. The summed E-state index contributed by atoms with van der Waals surface area (Å²) in [7, 11) is 0. The lowest BCUT2D eigenvalue weighted by Gasteiger charge is -2.26. The summed E-state index contributed by atoms with van der Waals surface area (Å²) in [4.78, 5) is 2.38. The van der Waals surface area contributed by atoms with Crippen molar-refractivity contribution in [3.63, 3.8) is 0 Å². The Morgan fingerprint density at radius 2 is 1.70 bits per heavy atom. The fourth-order valence-electron chi connectivity index (χ4n) is 2.17. The molecule has 0 bridgehead atoms. The van der Waals surface area contributed by atoms with E-state index < -0.39 is 0 Å². The maximum absolute atomic E-state index is 5.79. The van der Waals surface area contributed by atoms with Gasteiger partial charge in [-0.15, -0.1) is 0 Å². The van der Waals surface area contributed by atoms with E-state index in [1.807, 2.05) is 0 Å². The molecule has 0 unspecified atom stereocenters. The van der Waals surface area contributed by atoms with E-state index in [2.05, 4.69) is 49.9 Å². The highest BCUT2D eigenvalue weighted by Crippen LogP contribution is 2.24. The van der Waals surface area contributed by atoms with Gasteiger partial charge >= 0.3 is 0 Å². The maximum atomic E-state index is 5.79. The van der Waals surface area contributed by atoms with E-state index >= 15 is 0 Å².